The zero-order chi connectivity index (χ0) is 16.5. The predicted octanol–water partition coefficient (Wildman–Crippen LogP) is 3.39. The number of imidazole rings is 1. The van der Waals surface area contributed by atoms with Crippen LogP contribution >= 0.6 is 0 Å². The van der Waals surface area contributed by atoms with Crippen molar-refractivity contribution in [3.63, 3.8) is 0 Å². The van der Waals surface area contributed by atoms with Gasteiger partial charge in [-0.05, 0) is 62.2 Å². The summed E-state index contributed by atoms with van der Waals surface area (Å²) in [5.74, 6) is 0.810. The maximum Gasteiger partial charge on any atom is 0.160 e. The molecule has 0 saturated carbocycles. The number of hydrogen-bond donors (Lipinski definition) is 1. The number of piperidine rings is 1. The lowest BCUT2D eigenvalue weighted by molar-refractivity contribution is 0.367. The van der Waals surface area contributed by atoms with Crippen LogP contribution in [0.3, 0.4) is 0 Å². The summed E-state index contributed by atoms with van der Waals surface area (Å²) in [6, 6.07) is 9.20. The highest BCUT2D eigenvalue weighted by Crippen LogP contribution is 2.27. The maximum absolute atomic E-state index is 13.2. The van der Waals surface area contributed by atoms with E-state index in [0.717, 1.165) is 54.0 Å². The van der Waals surface area contributed by atoms with Crippen molar-refractivity contribution in [2.45, 2.75) is 32.2 Å². The Morgan fingerprint density at radius 1 is 1.21 bits per heavy atom. The normalized spacial score (nSPS) is 15.9. The van der Waals surface area contributed by atoms with Gasteiger partial charge in [-0.25, -0.2) is 14.4 Å². The molecule has 1 saturated heterocycles. The monoisotopic (exact) mass is 324 g/mol. The van der Waals surface area contributed by atoms with Gasteiger partial charge in [-0.15, -0.1) is 0 Å². The lowest BCUT2D eigenvalue weighted by atomic mass is 10.1. The second-order valence-corrected chi connectivity index (χ2v) is 6.54. The van der Waals surface area contributed by atoms with Crippen molar-refractivity contribution in [3.8, 4) is 0 Å². The second-order valence-electron chi connectivity index (χ2n) is 6.54. The minimum atomic E-state index is -0.206. The van der Waals surface area contributed by atoms with Gasteiger partial charge in [0.1, 0.15) is 17.2 Å². The van der Waals surface area contributed by atoms with Crippen molar-refractivity contribution in [2.75, 3.05) is 13.1 Å². The van der Waals surface area contributed by atoms with Crippen LogP contribution in [0.1, 0.15) is 35.8 Å². The summed E-state index contributed by atoms with van der Waals surface area (Å²) >= 11 is 0. The largest absolute Gasteiger partial charge is 0.317 e. The van der Waals surface area contributed by atoms with Crippen LogP contribution in [0.25, 0.3) is 11.2 Å². The molecular weight excluding hydrogens is 303 g/mol. The number of nitrogens with zero attached hydrogens (tertiary/aromatic N) is 3. The summed E-state index contributed by atoms with van der Waals surface area (Å²) in [7, 11) is 0. The molecule has 1 N–H and O–H groups in total. The first-order valence-electron chi connectivity index (χ1n) is 8.49. The van der Waals surface area contributed by atoms with Crippen LogP contribution in [0.4, 0.5) is 4.39 Å². The number of benzene rings is 1. The van der Waals surface area contributed by atoms with Gasteiger partial charge in [0.25, 0.3) is 0 Å². The van der Waals surface area contributed by atoms with Crippen LogP contribution in [0.15, 0.2) is 36.5 Å². The Balaban J connectivity index is 1.78. The Morgan fingerprint density at radius 2 is 1.96 bits per heavy atom. The third-order valence-corrected chi connectivity index (χ3v) is 4.69. The quantitative estimate of drug-likeness (QED) is 0.803. The van der Waals surface area contributed by atoms with Gasteiger partial charge in [-0.1, -0.05) is 12.1 Å². The Kier molecular flexibility index (Phi) is 4.02. The van der Waals surface area contributed by atoms with Gasteiger partial charge in [0.05, 0.1) is 0 Å². The number of hydrogen-bond acceptors (Lipinski definition) is 3. The summed E-state index contributed by atoms with van der Waals surface area (Å²) in [4.78, 5) is 9.51. The van der Waals surface area contributed by atoms with E-state index >= 15 is 0 Å². The van der Waals surface area contributed by atoms with Crippen molar-refractivity contribution in [3.05, 3.63) is 59.3 Å². The minimum Gasteiger partial charge on any atom is -0.317 e. The van der Waals surface area contributed by atoms with Gasteiger partial charge in [0.2, 0.25) is 0 Å². The number of aryl methyl sites for hydroxylation is 1. The van der Waals surface area contributed by atoms with Crippen LogP contribution < -0.4 is 5.32 Å². The number of pyridine rings is 1. The molecule has 2 aromatic heterocycles. The summed E-state index contributed by atoms with van der Waals surface area (Å²) in [6.07, 6.45) is 4.76. The van der Waals surface area contributed by atoms with E-state index in [2.05, 4.69) is 20.9 Å². The van der Waals surface area contributed by atoms with Crippen molar-refractivity contribution in [2.24, 2.45) is 0 Å². The lowest BCUT2D eigenvalue weighted by Gasteiger charge is -2.26. The SMILES string of the molecule is Cc1cnc2c(c1)nc(Cc1ccc(F)cc1)n2C1CCNCC1. The molecule has 1 fully saturated rings. The number of nitrogens with one attached hydrogen (secondary N) is 1. The third-order valence-electron chi connectivity index (χ3n) is 4.69. The average Bonchev–Trinajstić information content (AvgIpc) is 2.94. The lowest BCUT2D eigenvalue weighted by Crippen LogP contribution is -2.30. The van der Waals surface area contributed by atoms with Crippen molar-refractivity contribution < 1.29 is 4.39 Å². The first-order chi connectivity index (χ1) is 11.7. The Labute approximate surface area is 140 Å². The molecule has 24 heavy (non-hydrogen) atoms. The first-order valence-corrected chi connectivity index (χ1v) is 8.49. The fraction of sp³-hybridized carbons (Fsp3) is 0.368. The molecule has 3 heterocycles. The number of halogens is 1. The topological polar surface area (TPSA) is 42.7 Å². The Bertz CT molecular complexity index is 848. The molecule has 0 atom stereocenters. The Morgan fingerprint density at radius 3 is 2.71 bits per heavy atom. The van der Waals surface area contributed by atoms with E-state index in [1.165, 1.54) is 12.1 Å². The number of fused-ring (bicyclic) bond motifs is 1. The molecule has 1 aliphatic heterocycles. The van der Waals surface area contributed by atoms with Crippen molar-refractivity contribution in [1.29, 1.82) is 0 Å². The molecule has 124 valence electrons. The van der Waals surface area contributed by atoms with Crippen LogP contribution in [0.5, 0.6) is 0 Å². The van der Waals surface area contributed by atoms with Gasteiger partial charge in [0.15, 0.2) is 5.65 Å². The molecule has 0 amide bonds. The van der Waals surface area contributed by atoms with Crippen LogP contribution in [-0.4, -0.2) is 27.6 Å². The zero-order valence-electron chi connectivity index (χ0n) is 13.8. The van der Waals surface area contributed by atoms with Gasteiger partial charge in [0, 0.05) is 18.7 Å². The fourth-order valence-electron chi connectivity index (χ4n) is 3.49. The molecule has 0 spiro atoms. The fourth-order valence-corrected chi connectivity index (χ4v) is 3.49. The van der Waals surface area contributed by atoms with Gasteiger partial charge in [-0.2, -0.15) is 0 Å². The molecule has 0 aliphatic carbocycles. The van der Waals surface area contributed by atoms with Crippen LogP contribution in [0, 0.1) is 12.7 Å². The molecule has 1 aliphatic rings. The van der Waals surface area contributed by atoms with E-state index in [4.69, 9.17) is 4.98 Å². The highest BCUT2D eigenvalue weighted by molar-refractivity contribution is 5.72. The van der Waals surface area contributed by atoms with E-state index in [9.17, 15) is 4.39 Å². The summed E-state index contributed by atoms with van der Waals surface area (Å²) in [6.45, 7) is 4.08. The molecule has 0 radical (unpaired) electrons. The summed E-state index contributed by atoms with van der Waals surface area (Å²) < 4.78 is 15.5. The highest BCUT2D eigenvalue weighted by Gasteiger charge is 2.22. The van der Waals surface area contributed by atoms with E-state index in [1.54, 1.807) is 0 Å². The van der Waals surface area contributed by atoms with E-state index in [1.807, 2.05) is 25.3 Å². The van der Waals surface area contributed by atoms with E-state index in [0.29, 0.717) is 12.5 Å². The molecule has 4 nitrogen and oxygen atoms in total. The summed E-state index contributed by atoms with van der Waals surface area (Å²) in [5, 5.41) is 3.41. The van der Waals surface area contributed by atoms with Crippen molar-refractivity contribution in [1.82, 2.24) is 19.9 Å². The Hall–Kier alpha value is -2.27. The average molecular weight is 324 g/mol. The molecule has 0 bridgehead atoms. The molecule has 1 aromatic carbocycles. The standard InChI is InChI=1S/C19H21FN4/c1-13-10-17-19(22-12-13)24(16-6-8-21-9-7-16)18(23-17)11-14-2-4-15(20)5-3-14/h2-5,10,12,16,21H,6-9,11H2,1H3. The number of rotatable bonds is 3. The first kappa shape index (κ1) is 15.3. The molecule has 5 heteroatoms. The highest BCUT2D eigenvalue weighted by atomic mass is 19.1. The summed E-state index contributed by atoms with van der Waals surface area (Å²) in [5.41, 5.74) is 4.10. The van der Waals surface area contributed by atoms with Crippen LogP contribution in [0.2, 0.25) is 0 Å². The third kappa shape index (κ3) is 2.91. The zero-order valence-corrected chi connectivity index (χ0v) is 13.8. The number of aromatic nitrogens is 3. The maximum atomic E-state index is 13.2. The van der Waals surface area contributed by atoms with Crippen molar-refractivity contribution >= 4 is 11.2 Å². The smallest absolute Gasteiger partial charge is 0.160 e. The minimum absolute atomic E-state index is 0.206. The van der Waals surface area contributed by atoms with Gasteiger partial charge >= 0.3 is 0 Å². The van der Waals surface area contributed by atoms with Gasteiger partial charge < -0.3 is 9.88 Å². The van der Waals surface area contributed by atoms with E-state index in [-0.39, 0.29) is 5.82 Å². The van der Waals surface area contributed by atoms with E-state index < -0.39 is 0 Å². The predicted molar refractivity (Wildman–Crippen MR) is 92.6 cm³/mol. The van der Waals surface area contributed by atoms with Gasteiger partial charge in [-0.3, -0.25) is 0 Å². The van der Waals surface area contributed by atoms with Crippen LogP contribution in [-0.2, 0) is 6.42 Å². The molecule has 4 rings (SSSR count). The molecule has 3 aromatic rings. The molecule has 0 unspecified atom stereocenters. The second kappa shape index (κ2) is 6.32. The molecular formula is C19H21FN4.